The lowest BCUT2D eigenvalue weighted by Gasteiger charge is -2.04. The van der Waals surface area contributed by atoms with E-state index in [0.29, 0.717) is 19.6 Å². The molecule has 0 radical (unpaired) electrons. The van der Waals surface area contributed by atoms with Crippen molar-refractivity contribution in [2.45, 2.75) is 19.6 Å². The molecule has 0 amide bonds. The summed E-state index contributed by atoms with van der Waals surface area (Å²) in [6.07, 6.45) is 0.939. The van der Waals surface area contributed by atoms with E-state index in [9.17, 15) is 0 Å². The van der Waals surface area contributed by atoms with Crippen molar-refractivity contribution in [2.24, 2.45) is 5.73 Å². The maximum Gasteiger partial charge on any atom is 0.292 e. The molecule has 0 saturated carbocycles. The molecule has 0 spiro atoms. The maximum atomic E-state index is 8.95. The smallest absolute Gasteiger partial charge is 0.292 e. The van der Waals surface area contributed by atoms with Crippen LogP contribution in [0.15, 0.2) is 35.7 Å². The number of nitrogens with two attached hydrogens (primary N) is 1. The molecule has 0 atom stereocenters. The highest BCUT2D eigenvalue weighted by atomic mass is 35.5. The van der Waals surface area contributed by atoms with Crippen molar-refractivity contribution < 1.29 is 14.3 Å². The van der Waals surface area contributed by atoms with Crippen LogP contribution in [0.5, 0.6) is 0 Å². The van der Waals surface area contributed by atoms with Gasteiger partial charge in [0, 0.05) is 16.0 Å². The van der Waals surface area contributed by atoms with Crippen LogP contribution in [0.3, 0.4) is 0 Å². The zero-order chi connectivity index (χ0) is 16.2. The van der Waals surface area contributed by atoms with Gasteiger partial charge in [-0.2, -0.15) is 0 Å². The van der Waals surface area contributed by atoms with Gasteiger partial charge in [-0.05, 0) is 36.5 Å². The van der Waals surface area contributed by atoms with Crippen molar-refractivity contribution in [3.8, 4) is 0 Å². The lowest BCUT2D eigenvalue weighted by atomic mass is 10.2. The third kappa shape index (κ3) is 6.58. The number of methoxy groups -OCH3 is 1. The Morgan fingerprint density at radius 1 is 1.27 bits per heavy atom. The third-order valence-electron chi connectivity index (χ3n) is 2.83. The van der Waals surface area contributed by atoms with E-state index in [1.54, 1.807) is 11.3 Å². The predicted molar refractivity (Wildman–Crippen MR) is 91.2 cm³/mol. The monoisotopic (exact) mass is 342 g/mol. The fourth-order valence-electron chi connectivity index (χ4n) is 1.78. The lowest BCUT2D eigenvalue weighted by Crippen LogP contribution is -2.05. The van der Waals surface area contributed by atoms with E-state index in [2.05, 4.69) is 20.9 Å². The second-order valence-electron chi connectivity index (χ2n) is 4.37. The summed E-state index contributed by atoms with van der Waals surface area (Å²) in [6.45, 7) is 2.47. The average Bonchev–Trinajstić information content (AvgIpc) is 2.97. The van der Waals surface area contributed by atoms with Gasteiger partial charge in [-0.15, -0.1) is 11.3 Å². The molecule has 1 aromatic carbocycles. The zero-order valence-corrected chi connectivity index (χ0v) is 14.1. The highest BCUT2D eigenvalue weighted by Gasteiger charge is 2.07. The number of halogens is 1. The second kappa shape index (κ2) is 11.2. The van der Waals surface area contributed by atoms with E-state index in [4.69, 9.17) is 22.1 Å². The molecular formula is C16H21ClNO3S+. The quantitative estimate of drug-likeness (QED) is 0.621. The van der Waals surface area contributed by atoms with Gasteiger partial charge in [0.1, 0.15) is 0 Å². The molecule has 0 fully saturated rings. The first-order valence-corrected chi connectivity index (χ1v) is 8.07. The van der Waals surface area contributed by atoms with E-state index in [1.807, 2.05) is 24.3 Å². The molecule has 1 aromatic heterocycles. The van der Waals surface area contributed by atoms with Gasteiger partial charge in [0.05, 0.1) is 12.1 Å². The molecule has 0 aliphatic rings. The molecule has 120 valence electrons. The predicted octanol–water partition coefficient (Wildman–Crippen LogP) is 2.92. The summed E-state index contributed by atoms with van der Waals surface area (Å²) >= 11 is 7.85. The summed E-state index contributed by atoms with van der Waals surface area (Å²) in [4.78, 5) is 10.3. The van der Waals surface area contributed by atoms with Crippen molar-refractivity contribution in [3.63, 3.8) is 0 Å². The molecule has 0 bridgehead atoms. The molecular weight excluding hydrogens is 322 g/mol. The van der Waals surface area contributed by atoms with Crippen LogP contribution in [0.25, 0.3) is 0 Å². The fourth-order valence-corrected chi connectivity index (χ4v) is 2.89. The van der Waals surface area contributed by atoms with Gasteiger partial charge in [0.25, 0.3) is 6.47 Å². The number of thiophene rings is 1. The van der Waals surface area contributed by atoms with E-state index in [1.165, 1.54) is 17.6 Å². The standard InChI is InChI=1S/C14H16ClNOS.C2H4O2/c15-13-4-2-1-3-11(13)9-17-10-12-6-8-18-14(12)5-7-16;1-4-2-3/h1-4,6,8H,5,7,9-10,16H2;2H,1H3/p+1. The normalized spacial score (nSPS) is 9.77. The number of hydrogen-bond donors (Lipinski definition) is 1. The average molecular weight is 343 g/mol. The third-order valence-corrected chi connectivity index (χ3v) is 4.22. The molecule has 2 rings (SSSR count). The van der Waals surface area contributed by atoms with Gasteiger partial charge < -0.3 is 15.2 Å². The van der Waals surface area contributed by atoms with Crippen molar-refractivity contribution in [1.29, 1.82) is 0 Å². The first-order valence-electron chi connectivity index (χ1n) is 6.81. The Morgan fingerprint density at radius 3 is 2.59 bits per heavy atom. The molecule has 22 heavy (non-hydrogen) atoms. The minimum atomic E-state index is 0.375. The SMILES string of the molecule is COC=O.NCCc1sccc1C[OH+]Cc1ccccc1Cl. The maximum absolute atomic E-state index is 8.95. The Labute approximate surface area is 139 Å². The number of rotatable bonds is 7. The first kappa shape index (κ1) is 18.6. The van der Waals surface area contributed by atoms with Crippen LogP contribution in [0, 0.1) is 0 Å². The van der Waals surface area contributed by atoms with Gasteiger partial charge in [-0.3, -0.25) is 4.79 Å². The Balaban J connectivity index is 0.000000541. The largest absolute Gasteiger partial charge is 0.471 e. The number of ether oxygens (including phenoxy) is 2. The zero-order valence-electron chi connectivity index (χ0n) is 12.5. The summed E-state index contributed by atoms with van der Waals surface area (Å²) in [5, 5.41) is 2.89. The summed E-state index contributed by atoms with van der Waals surface area (Å²) in [5.41, 5.74) is 7.95. The molecule has 0 saturated heterocycles. The number of carbonyl (C=O) groups excluding carboxylic acids is 1. The van der Waals surface area contributed by atoms with Crippen molar-refractivity contribution in [3.05, 3.63) is 56.7 Å². The fraction of sp³-hybridized carbons (Fsp3) is 0.312. The molecule has 0 aliphatic carbocycles. The van der Waals surface area contributed by atoms with E-state index in [0.717, 1.165) is 23.6 Å². The van der Waals surface area contributed by atoms with Crippen LogP contribution < -0.4 is 5.73 Å². The number of carbonyl (C=O) groups is 1. The summed E-state index contributed by atoms with van der Waals surface area (Å²) < 4.78 is 8.43. The molecule has 1 heterocycles. The molecule has 4 nitrogen and oxygen atoms in total. The van der Waals surface area contributed by atoms with E-state index < -0.39 is 0 Å². The lowest BCUT2D eigenvalue weighted by molar-refractivity contribution is -0.126. The van der Waals surface area contributed by atoms with Crippen molar-refractivity contribution in [2.75, 3.05) is 13.7 Å². The minimum absolute atomic E-state index is 0.375. The van der Waals surface area contributed by atoms with Gasteiger partial charge in [-0.1, -0.05) is 23.7 Å². The molecule has 6 heteroatoms. The van der Waals surface area contributed by atoms with Gasteiger partial charge >= 0.3 is 0 Å². The summed E-state index contributed by atoms with van der Waals surface area (Å²) in [7, 11) is 1.31. The highest BCUT2D eigenvalue weighted by molar-refractivity contribution is 7.10. The van der Waals surface area contributed by atoms with Gasteiger partial charge in [0.15, 0.2) is 13.2 Å². The summed E-state index contributed by atoms with van der Waals surface area (Å²) in [6, 6.07) is 9.97. The Bertz CT molecular complexity index is 560. The number of benzene rings is 1. The topological polar surface area (TPSA) is 65.1 Å². The summed E-state index contributed by atoms with van der Waals surface area (Å²) in [5.74, 6) is 0. The first-order chi connectivity index (χ1) is 10.7. The Morgan fingerprint density at radius 2 is 1.95 bits per heavy atom. The Kier molecular flexibility index (Phi) is 9.50. The van der Waals surface area contributed by atoms with Crippen LogP contribution in [0.2, 0.25) is 5.02 Å². The Hall–Kier alpha value is -1.40. The van der Waals surface area contributed by atoms with Crippen LogP contribution in [-0.2, 0) is 29.2 Å². The van der Waals surface area contributed by atoms with Crippen molar-refractivity contribution >= 4 is 29.4 Å². The minimum Gasteiger partial charge on any atom is -0.471 e. The van der Waals surface area contributed by atoms with Crippen LogP contribution in [0.4, 0.5) is 0 Å². The van der Waals surface area contributed by atoms with Crippen LogP contribution >= 0.6 is 22.9 Å². The van der Waals surface area contributed by atoms with Crippen LogP contribution in [0.1, 0.15) is 16.0 Å². The molecule has 2 aromatic rings. The highest BCUT2D eigenvalue weighted by Crippen LogP contribution is 2.19. The molecule has 0 aliphatic heterocycles. The number of hydrogen-bond acceptors (Lipinski definition) is 4. The van der Waals surface area contributed by atoms with Crippen molar-refractivity contribution in [1.82, 2.24) is 0 Å². The van der Waals surface area contributed by atoms with E-state index in [-0.39, 0.29) is 0 Å². The molecule has 0 unspecified atom stereocenters. The van der Waals surface area contributed by atoms with E-state index >= 15 is 0 Å². The second-order valence-corrected chi connectivity index (χ2v) is 5.78. The molecule has 3 N–H and O–H groups in total. The number of aliphatic hydroxyl groups is 2. The van der Waals surface area contributed by atoms with Gasteiger partial charge in [-0.25, -0.2) is 0 Å². The van der Waals surface area contributed by atoms with Crippen LogP contribution in [-0.4, -0.2) is 24.9 Å². The van der Waals surface area contributed by atoms with Gasteiger partial charge in [0.2, 0.25) is 0 Å².